The summed E-state index contributed by atoms with van der Waals surface area (Å²) in [4.78, 5) is 8.44. The van der Waals surface area contributed by atoms with E-state index in [9.17, 15) is 0 Å². The third kappa shape index (κ3) is 4.80. The Balaban J connectivity index is 0.995. The number of hydrogen-bond acceptors (Lipinski definition) is 3. The van der Waals surface area contributed by atoms with Crippen LogP contribution in [0.25, 0.3) is 32.7 Å². The molecule has 0 fully saturated rings. The van der Waals surface area contributed by atoms with Crippen LogP contribution in [0.5, 0.6) is 0 Å². The number of anilines is 1. The van der Waals surface area contributed by atoms with E-state index in [1.54, 1.807) is 0 Å². The number of halogens is 1. The zero-order chi connectivity index (χ0) is 24.3. The molecule has 0 spiro atoms. The fraction of sp³-hybridized carbons (Fsp3) is 0.323. The van der Waals surface area contributed by atoms with E-state index in [2.05, 4.69) is 64.1 Å². The normalized spacial score (nSPS) is 13.5. The van der Waals surface area contributed by atoms with E-state index in [1.165, 1.54) is 62.5 Å². The third-order valence-electron chi connectivity index (χ3n) is 7.45. The lowest BCUT2D eigenvalue weighted by Gasteiger charge is -2.22. The highest BCUT2D eigenvalue weighted by Gasteiger charge is 2.18. The number of hydrogen-bond donors (Lipinski definition) is 3. The highest BCUT2D eigenvalue weighted by Crippen LogP contribution is 2.34. The van der Waals surface area contributed by atoms with E-state index >= 15 is 0 Å². The maximum Gasteiger partial charge on any atom is 0.0741 e. The molecule has 0 saturated heterocycles. The number of aromatic nitrogens is 2. The van der Waals surface area contributed by atoms with Gasteiger partial charge < -0.3 is 15.6 Å². The Kier molecular flexibility index (Phi) is 6.80. The van der Waals surface area contributed by atoms with Crippen molar-refractivity contribution in [2.24, 2.45) is 0 Å². The van der Waals surface area contributed by atoms with Crippen molar-refractivity contribution >= 4 is 50.0 Å². The van der Waals surface area contributed by atoms with E-state index in [-0.39, 0.29) is 0 Å². The molecule has 3 N–H and O–H groups in total. The van der Waals surface area contributed by atoms with Crippen LogP contribution in [0.4, 0.5) is 5.69 Å². The highest BCUT2D eigenvalue weighted by atomic mass is 35.5. The Morgan fingerprint density at radius 3 is 2.64 bits per heavy atom. The van der Waals surface area contributed by atoms with Gasteiger partial charge in [0.05, 0.1) is 5.52 Å². The van der Waals surface area contributed by atoms with Gasteiger partial charge in [0.15, 0.2) is 0 Å². The molecule has 2 aromatic heterocycles. The fourth-order valence-electron chi connectivity index (χ4n) is 5.62. The molecular weight excluding hydrogens is 464 g/mol. The van der Waals surface area contributed by atoms with Gasteiger partial charge in [-0.3, -0.25) is 4.98 Å². The van der Waals surface area contributed by atoms with Crippen LogP contribution in [-0.2, 0) is 19.3 Å². The number of aryl methyl sites for hydroxylation is 2. The Bertz CT molecular complexity index is 1520. The first-order valence-corrected chi connectivity index (χ1v) is 13.7. The molecule has 5 heteroatoms. The van der Waals surface area contributed by atoms with E-state index in [0.29, 0.717) is 0 Å². The number of pyridine rings is 1. The summed E-state index contributed by atoms with van der Waals surface area (Å²) < 4.78 is 0. The predicted octanol–water partition coefficient (Wildman–Crippen LogP) is 7.43. The molecule has 3 aromatic carbocycles. The lowest BCUT2D eigenvalue weighted by molar-refractivity contribution is 0.631. The second-order valence-electron chi connectivity index (χ2n) is 9.97. The van der Waals surface area contributed by atoms with Crippen LogP contribution >= 0.6 is 11.6 Å². The van der Waals surface area contributed by atoms with Gasteiger partial charge in [0.2, 0.25) is 0 Å². The summed E-state index contributed by atoms with van der Waals surface area (Å²) in [5.41, 5.74) is 8.79. The van der Waals surface area contributed by atoms with Crippen LogP contribution in [0.2, 0.25) is 5.02 Å². The second-order valence-corrected chi connectivity index (χ2v) is 10.4. The summed E-state index contributed by atoms with van der Waals surface area (Å²) in [6, 6.07) is 21.5. The average Bonchev–Trinajstić information content (AvgIpc) is 3.27. The van der Waals surface area contributed by atoms with Crippen LogP contribution < -0.4 is 10.6 Å². The van der Waals surface area contributed by atoms with Gasteiger partial charge in [-0.25, -0.2) is 0 Å². The van der Waals surface area contributed by atoms with Gasteiger partial charge in [0.1, 0.15) is 0 Å². The zero-order valence-corrected chi connectivity index (χ0v) is 21.4. The molecule has 0 amide bonds. The maximum absolute atomic E-state index is 6.25. The van der Waals surface area contributed by atoms with Crippen molar-refractivity contribution in [2.45, 2.75) is 44.9 Å². The lowest BCUT2D eigenvalue weighted by Crippen LogP contribution is -2.20. The van der Waals surface area contributed by atoms with Gasteiger partial charge in [0, 0.05) is 50.1 Å². The van der Waals surface area contributed by atoms with Gasteiger partial charge in [-0.1, -0.05) is 35.9 Å². The molecule has 0 saturated carbocycles. The summed E-state index contributed by atoms with van der Waals surface area (Å²) in [5.74, 6) is 0. The van der Waals surface area contributed by atoms with E-state index in [0.717, 1.165) is 62.3 Å². The molecule has 0 radical (unpaired) electrons. The number of nitrogens with one attached hydrogen (secondary N) is 3. The predicted molar refractivity (Wildman–Crippen MR) is 153 cm³/mol. The van der Waals surface area contributed by atoms with Crippen LogP contribution in [0.15, 0.2) is 60.7 Å². The standard InChI is InChI=1S/C31H33ClN4/c32-22-13-14-25-30(20-22)36-28-11-4-2-9-24(28)31(25)34-18-6-17-33-16-5-7-21-12-15-29-26(19-21)23-8-1-3-10-27(23)35-29/h1,3,8,10,12-15,19-20,33,35H,2,4-7,9,11,16-18H2,(H,34,36). The first-order valence-electron chi connectivity index (χ1n) is 13.3. The number of fused-ring (bicyclic) bond motifs is 5. The van der Waals surface area contributed by atoms with Crippen molar-refractivity contribution in [3.05, 3.63) is 82.5 Å². The average molecular weight is 497 g/mol. The highest BCUT2D eigenvalue weighted by molar-refractivity contribution is 6.31. The molecule has 0 aliphatic heterocycles. The molecule has 5 aromatic rings. The number of H-pyrrole nitrogens is 1. The minimum Gasteiger partial charge on any atom is -0.384 e. The van der Waals surface area contributed by atoms with Crippen molar-refractivity contribution in [2.75, 3.05) is 25.0 Å². The van der Waals surface area contributed by atoms with Gasteiger partial charge in [-0.15, -0.1) is 0 Å². The number of benzene rings is 3. The van der Waals surface area contributed by atoms with Crippen molar-refractivity contribution in [1.29, 1.82) is 0 Å². The van der Waals surface area contributed by atoms with Crippen molar-refractivity contribution < 1.29 is 0 Å². The molecule has 184 valence electrons. The van der Waals surface area contributed by atoms with Gasteiger partial charge in [-0.05, 0) is 106 Å². The molecule has 0 unspecified atom stereocenters. The largest absolute Gasteiger partial charge is 0.384 e. The van der Waals surface area contributed by atoms with Crippen molar-refractivity contribution in [1.82, 2.24) is 15.3 Å². The van der Waals surface area contributed by atoms with Crippen molar-refractivity contribution in [3.63, 3.8) is 0 Å². The lowest BCUT2D eigenvalue weighted by atomic mass is 9.92. The van der Waals surface area contributed by atoms with Gasteiger partial charge >= 0.3 is 0 Å². The van der Waals surface area contributed by atoms with Crippen LogP contribution in [-0.4, -0.2) is 29.6 Å². The van der Waals surface area contributed by atoms with E-state index in [1.807, 2.05) is 12.1 Å². The Labute approximate surface area is 217 Å². The van der Waals surface area contributed by atoms with Crippen LogP contribution in [0.1, 0.15) is 42.5 Å². The monoisotopic (exact) mass is 496 g/mol. The SMILES string of the molecule is Clc1ccc2c(NCCCNCCCc3ccc4[nH]c5ccccc5c4c3)c3c(nc2c1)CCCC3. The smallest absolute Gasteiger partial charge is 0.0741 e. The van der Waals surface area contributed by atoms with E-state index < -0.39 is 0 Å². The summed E-state index contributed by atoms with van der Waals surface area (Å²) in [6.45, 7) is 3.02. The number of nitrogens with zero attached hydrogens (tertiary/aromatic N) is 1. The number of para-hydroxylation sites is 1. The summed E-state index contributed by atoms with van der Waals surface area (Å²) in [6.07, 6.45) is 7.99. The zero-order valence-electron chi connectivity index (χ0n) is 20.7. The molecule has 0 bridgehead atoms. The molecular formula is C31H33ClN4. The van der Waals surface area contributed by atoms with Gasteiger partial charge in [-0.2, -0.15) is 0 Å². The molecule has 1 aliphatic rings. The van der Waals surface area contributed by atoms with E-state index in [4.69, 9.17) is 16.6 Å². The molecule has 2 heterocycles. The number of aromatic amines is 1. The first-order chi connectivity index (χ1) is 17.8. The maximum atomic E-state index is 6.25. The summed E-state index contributed by atoms with van der Waals surface area (Å²) in [7, 11) is 0. The Hall–Kier alpha value is -3.08. The third-order valence-corrected chi connectivity index (χ3v) is 7.68. The quantitative estimate of drug-likeness (QED) is 0.186. The topological polar surface area (TPSA) is 52.7 Å². The summed E-state index contributed by atoms with van der Waals surface area (Å²) >= 11 is 6.25. The molecule has 6 rings (SSSR count). The second kappa shape index (κ2) is 10.5. The van der Waals surface area contributed by atoms with Crippen molar-refractivity contribution in [3.8, 4) is 0 Å². The van der Waals surface area contributed by atoms with Crippen LogP contribution in [0, 0.1) is 0 Å². The number of rotatable bonds is 9. The summed E-state index contributed by atoms with van der Waals surface area (Å²) in [5, 5.41) is 12.0. The Morgan fingerprint density at radius 1 is 0.806 bits per heavy atom. The minimum atomic E-state index is 0.752. The molecule has 4 nitrogen and oxygen atoms in total. The minimum absolute atomic E-state index is 0.752. The van der Waals surface area contributed by atoms with Gasteiger partial charge in [0.25, 0.3) is 0 Å². The first kappa shape index (κ1) is 23.3. The fourth-order valence-corrected chi connectivity index (χ4v) is 5.79. The molecule has 0 atom stereocenters. The molecule has 36 heavy (non-hydrogen) atoms. The molecule has 1 aliphatic carbocycles. The van der Waals surface area contributed by atoms with Crippen LogP contribution in [0.3, 0.4) is 0 Å². The Morgan fingerprint density at radius 2 is 1.67 bits per heavy atom.